The molecule has 0 fully saturated rings. The third-order valence-electron chi connectivity index (χ3n) is 1.94. The number of rotatable bonds is 5. The molecule has 1 aromatic rings. The van der Waals surface area contributed by atoms with Crippen LogP contribution in [0.5, 0.6) is 5.75 Å². The van der Waals surface area contributed by atoms with Crippen molar-refractivity contribution in [1.29, 1.82) is 0 Å². The minimum Gasteiger partial charge on any atom is -0.508 e. The fourth-order valence-corrected chi connectivity index (χ4v) is 1.17. The van der Waals surface area contributed by atoms with Crippen LogP contribution in [0.25, 0.3) is 0 Å². The summed E-state index contributed by atoms with van der Waals surface area (Å²) in [6.07, 6.45) is 0. The van der Waals surface area contributed by atoms with Gasteiger partial charge in [-0.25, -0.2) is 0 Å². The van der Waals surface area contributed by atoms with Crippen molar-refractivity contribution in [2.45, 2.75) is 13.5 Å². The smallest absolute Gasteiger partial charge is 0.216 e. The molecule has 0 saturated carbocycles. The molecule has 0 spiro atoms. The van der Waals surface area contributed by atoms with Gasteiger partial charge in [-0.3, -0.25) is 4.79 Å². The second-order valence-corrected chi connectivity index (χ2v) is 3.33. The Bertz CT molecular complexity index is 309. The lowest BCUT2D eigenvalue weighted by molar-refractivity contribution is -0.118. The first-order valence-corrected chi connectivity index (χ1v) is 4.91. The van der Waals surface area contributed by atoms with E-state index >= 15 is 0 Å². The third kappa shape index (κ3) is 5.02. The maximum atomic E-state index is 10.5. The van der Waals surface area contributed by atoms with Gasteiger partial charge in [0, 0.05) is 26.6 Å². The highest BCUT2D eigenvalue weighted by atomic mass is 16.3. The number of carbonyl (C=O) groups is 1. The lowest BCUT2D eigenvalue weighted by Crippen LogP contribution is -2.29. The fraction of sp³-hybridized carbons (Fsp3) is 0.364. The van der Waals surface area contributed by atoms with E-state index in [-0.39, 0.29) is 11.7 Å². The van der Waals surface area contributed by atoms with Crippen LogP contribution in [0.15, 0.2) is 24.3 Å². The van der Waals surface area contributed by atoms with E-state index in [1.165, 1.54) is 6.92 Å². The zero-order chi connectivity index (χ0) is 11.1. The summed E-state index contributed by atoms with van der Waals surface area (Å²) in [5, 5.41) is 14.9. The molecule has 4 heteroatoms. The number of nitrogens with one attached hydrogen (secondary N) is 2. The number of aromatic hydroxyl groups is 1. The lowest BCUT2D eigenvalue weighted by Gasteiger charge is -2.05. The van der Waals surface area contributed by atoms with Crippen molar-refractivity contribution in [3.8, 4) is 5.75 Å². The van der Waals surface area contributed by atoms with Crippen molar-refractivity contribution in [3.05, 3.63) is 29.8 Å². The Labute approximate surface area is 89.3 Å². The minimum absolute atomic E-state index is 0.0126. The predicted molar refractivity (Wildman–Crippen MR) is 58.5 cm³/mol. The standard InChI is InChI=1S/C11H16N2O2/c1-9(14)13-7-6-12-8-10-2-4-11(15)5-3-10/h2-5,12,15H,6-8H2,1H3,(H,13,14). The van der Waals surface area contributed by atoms with Crippen LogP contribution in [0.2, 0.25) is 0 Å². The van der Waals surface area contributed by atoms with Gasteiger partial charge in [0.15, 0.2) is 0 Å². The van der Waals surface area contributed by atoms with Gasteiger partial charge in [0.2, 0.25) is 5.91 Å². The highest BCUT2D eigenvalue weighted by Crippen LogP contribution is 2.08. The molecule has 1 rings (SSSR count). The zero-order valence-electron chi connectivity index (χ0n) is 8.79. The van der Waals surface area contributed by atoms with Crippen LogP contribution in [-0.4, -0.2) is 24.1 Å². The Kier molecular flexibility index (Phi) is 4.63. The number of phenolic OH excluding ortho intramolecular Hbond substituents is 1. The van der Waals surface area contributed by atoms with Crippen LogP contribution in [0, 0.1) is 0 Å². The van der Waals surface area contributed by atoms with Gasteiger partial charge in [0.25, 0.3) is 0 Å². The van der Waals surface area contributed by atoms with Gasteiger partial charge >= 0.3 is 0 Å². The normalized spacial score (nSPS) is 9.93. The van der Waals surface area contributed by atoms with Crippen LogP contribution in [0.4, 0.5) is 0 Å². The monoisotopic (exact) mass is 208 g/mol. The van der Waals surface area contributed by atoms with Crippen molar-refractivity contribution in [2.24, 2.45) is 0 Å². The maximum Gasteiger partial charge on any atom is 0.216 e. The van der Waals surface area contributed by atoms with Gasteiger partial charge in [0.1, 0.15) is 5.75 Å². The number of phenols is 1. The van der Waals surface area contributed by atoms with Crippen molar-refractivity contribution < 1.29 is 9.90 Å². The minimum atomic E-state index is -0.0126. The Morgan fingerprint density at radius 3 is 2.53 bits per heavy atom. The summed E-state index contributed by atoms with van der Waals surface area (Å²) in [5.41, 5.74) is 1.11. The van der Waals surface area contributed by atoms with Gasteiger partial charge < -0.3 is 15.7 Å². The number of hydrogen-bond acceptors (Lipinski definition) is 3. The van der Waals surface area contributed by atoms with Gasteiger partial charge in [0.05, 0.1) is 0 Å². The number of carbonyl (C=O) groups excluding carboxylic acids is 1. The highest BCUT2D eigenvalue weighted by Gasteiger charge is 1.93. The Morgan fingerprint density at radius 2 is 1.93 bits per heavy atom. The highest BCUT2D eigenvalue weighted by molar-refractivity contribution is 5.72. The second-order valence-electron chi connectivity index (χ2n) is 3.33. The molecule has 15 heavy (non-hydrogen) atoms. The van der Waals surface area contributed by atoms with E-state index in [4.69, 9.17) is 5.11 Å². The second kappa shape index (κ2) is 6.03. The molecule has 0 radical (unpaired) electrons. The maximum absolute atomic E-state index is 10.5. The number of hydrogen-bond donors (Lipinski definition) is 3. The van der Waals surface area contributed by atoms with Gasteiger partial charge in [-0.2, -0.15) is 0 Å². The summed E-state index contributed by atoms with van der Waals surface area (Å²) in [7, 11) is 0. The van der Waals surface area contributed by atoms with Crippen molar-refractivity contribution in [1.82, 2.24) is 10.6 Å². The third-order valence-corrected chi connectivity index (χ3v) is 1.94. The molecule has 1 amide bonds. The van der Waals surface area contributed by atoms with Gasteiger partial charge in [-0.1, -0.05) is 12.1 Å². The molecule has 0 atom stereocenters. The number of amides is 1. The van der Waals surface area contributed by atoms with Crippen LogP contribution in [0.1, 0.15) is 12.5 Å². The van der Waals surface area contributed by atoms with E-state index in [9.17, 15) is 4.79 Å². The average Bonchev–Trinajstić information content (AvgIpc) is 2.20. The molecule has 4 nitrogen and oxygen atoms in total. The molecule has 0 aliphatic rings. The number of benzene rings is 1. The molecule has 0 unspecified atom stereocenters. The summed E-state index contributed by atoms with van der Waals surface area (Å²) < 4.78 is 0. The van der Waals surface area contributed by atoms with E-state index in [0.29, 0.717) is 6.54 Å². The van der Waals surface area contributed by atoms with E-state index in [0.717, 1.165) is 18.7 Å². The summed E-state index contributed by atoms with van der Waals surface area (Å²) >= 11 is 0. The average molecular weight is 208 g/mol. The zero-order valence-corrected chi connectivity index (χ0v) is 8.79. The summed E-state index contributed by atoms with van der Waals surface area (Å²) in [6, 6.07) is 7.04. The fourth-order valence-electron chi connectivity index (χ4n) is 1.17. The quantitative estimate of drug-likeness (QED) is 0.622. The topological polar surface area (TPSA) is 61.4 Å². The first kappa shape index (κ1) is 11.5. The molecule has 0 heterocycles. The molecule has 0 aromatic heterocycles. The van der Waals surface area contributed by atoms with E-state index in [1.807, 2.05) is 12.1 Å². The van der Waals surface area contributed by atoms with E-state index in [2.05, 4.69) is 10.6 Å². The first-order valence-electron chi connectivity index (χ1n) is 4.91. The van der Waals surface area contributed by atoms with Crippen molar-refractivity contribution >= 4 is 5.91 Å². The van der Waals surface area contributed by atoms with Gasteiger partial charge in [-0.05, 0) is 17.7 Å². The molecule has 0 aliphatic heterocycles. The van der Waals surface area contributed by atoms with E-state index in [1.54, 1.807) is 12.1 Å². The van der Waals surface area contributed by atoms with Crippen LogP contribution in [0.3, 0.4) is 0 Å². The largest absolute Gasteiger partial charge is 0.508 e. The lowest BCUT2D eigenvalue weighted by atomic mass is 10.2. The molecule has 0 bridgehead atoms. The summed E-state index contributed by atoms with van der Waals surface area (Å²) in [5.74, 6) is 0.262. The Hall–Kier alpha value is -1.55. The molecule has 3 N–H and O–H groups in total. The Balaban J connectivity index is 2.15. The van der Waals surface area contributed by atoms with Gasteiger partial charge in [-0.15, -0.1) is 0 Å². The molecular weight excluding hydrogens is 192 g/mol. The van der Waals surface area contributed by atoms with Crippen molar-refractivity contribution in [2.75, 3.05) is 13.1 Å². The molecule has 0 aliphatic carbocycles. The first-order chi connectivity index (χ1) is 7.18. The van der Waals surface area contributed by atoms with Crippen molar-refractivity contribution in [3.63, 3.8) is 0 Å². The van der Waals surface area contributed by atoms with E-state index < -0.39 is 0 Å². The molecule has 0 saturated heterocycles. The summed E-state index contributed by atoms with van der Waals surface area (Å²) in [6.45, 7) is 3.60. The Morgan fingerprint density at radius 1 is 1.27 bits per heavy atom. The predicted octanol–water partition coefficient (Wildman–Crippen LogP) is 0.618. The van der Waals surface area contributed by atoms with Crippen LogP contribution < -0.4 is 10.6 Å². The molecule has 82 valence electrons. The van der Waals surface area contributed by atoms with Crippen LogP contribution in [-0.2, 0) is 11.3 Å². The SMILES string of the molecule is CC(=O)NCCNCc1ccc(O)cc1. The van der Waals surface area contributed by atoms with Crippen LogP contribution >= 0.6 is 0 Å². The molecule has 1 aromatic carbocycles. The molecular formula is C11H16N2O2. The summed E-state index contributed by atoms with van der Waals surface area (Å²) in [4.78, 5) is 10.5.